The molecular weight excluding hydrogens is 322 g/mol. The lowest BCUT2D eigenvalue weighted by atomic mass is 10.1. The maximum atomic E-state index is 12.5. The molecule has 4 atom stereocenters. The molecule has 0 radical (unpaired) electrons. The van der Waals surface area contributed by atoms with Gasteiger partial charge in [-0.15, -0.1) is 0 Å². The second kappa shape index (κ2) is 7.60. The molecule has 24 heavy (non-hydrogen) atoms. The van der Waals surface area contributed by atoms with Crippen molar-refractivity contribution in [1.82, 2.24) is 9.13 Å². The minimum atomic E-state index is -1.25. The fourth-order valence-electron chi connectivity index (χ4n) is 2.63. The number of hydrogen-bond acceptors (Lipinski definition) is 7. The van der Waals surface area contributed by atoms with Gasteiger partial charge in [-0.05, 0) is 12.5 Å². The highest BCUT2D eigenvalue weighted by Crippen LogP contribution is 2.29. The third-order valence-electron chi connectivity index (χ3n) is 3.87. The molecular formula is C13H19N5O6. The van der Waals surface area contributed by atoms with Crippen LogP contribution >= 0.6 is 0 Å². The summed E-state index contributed by atoms with van der Waals surface area (Å²) >= 11 is 0. The molecule has 0 aromatic carbocycles. The lowest BCUT2D eigenvalue weighted by Gasteiger charge is -2.18. The quantitative estimate of drug-likeness (QED) is 0.328. The van der Waals surface area contributed by atoms with Crippen molar-refractivity contribution in [1.29, 1.82) is 0 Å². The Morgan fingerprint density at radius 3 is 2.79 bits per heavy atom. The number of rotatable bonds is 6. The van der Waals surface area contributed by atoms with Gasteiger partial charge >= 0.3 is 5.69 Å². The van der Waals surface area contributed by atoms with E-state index >= 15 is 0 Å². The van der Waals surface area contributed by atoms with Crippen molar-refractivity contribution in [3.05, 3.63) is 43.0 Å². The van der Waals surface area contributed by atoms with Crippen LogP contribution in [0.5, 0.6) is 0 Å². The molecule has 0 saturated carbocycles. The van der Waals surface area contributed by atoms with Gasteiger partial charge in [-0.25, -0.2) is 4.79 Å². The average Bonchev–Trinajstić information content (AvgIpc) is 2.97. The molecule has 1 fully saturated rings. The molecule has 0 amide bonds. The third kappa shape index (κ3) is 3.50. The lowest BCUT2D eigenvalue weighted by molar-refractivity contribution is -0.0281. The Labute approximate surface area is 136 Å². The van der Waals surface area contributed by atoms with E-state index in [9.17, 15) is 19.8 Å². The number of nitrogens with zero attached hydrogens (tertiary/aromatic N) is 5. The number of aliphatic hydroxyl groups is 3. The van der Waals surface area contributed by atoms with Crippen LogP contribution in [0.25, 0.3) is 10.4 Å². The van der Waals surface area contributed by atoms with E-state index in [4.69, 9.17) is 15.4 Å². The molecule has 2 heterocycles. The SMILES string of the molecule is Cc1cn([C@H]2C[C@H](N=[N+]=[N-])[C@@H](CO)O2)c(=O)n(CC(O)CO)c1=O. The van der Waals surface area contributed by atoms with Gasteiger partial charge in [0.25, 0.3) is 5.56 Å². The summed E-state index contributed by atoms with van der Waals surface area (Å²) < 4.78 is 7.52. The molecule has 1 unspecified atom stereocenters. The highest BCUT2D eigenvalue weighted by Gasteiger charge is 2.36. The summed E-state index contributed by atoms with van der Waals surface area (Å²) in [6.07, 6.45) is -1.33. The van der Waals surface area contributed by atoms with Crippen LogP contribution in [0.1, 0.15) is 18.2 Å². The predicted molar refractivity (Wildman–Crippen MR) is 81.3 cm³/mol. The van der Waals surface area contributed by atoms with E-state index in [1.54, 1.807) is 0 Å². The Morgan fingerprint density at radius 2 is 2.21 bits per heavy atom. The Kier molecular flexibility index (Phi) is 5.75. The van der Waals surface area contributed by atoms with Gasteiger partial charge in [-0.1, -0.05) is 5.11 Å². The molecule has 1 aliphatic heterocycles. The van der Waals surface area contributed by atoms with Crippen molar-refractivity contribution in [3.63, 3.8) is 0 Å². The molecule has 11 heteroatoms. The largest absolute Gasteiger partial charge is 0.394 e. The van der Waals surface area contributed by atoms with Crippen LogP contribution < -0.4 is 11.2 Å². The van der Waals surface area contributed by atoms with Crippen molar-refractivity contribution in [2.24, 2.45) is 5.11 Å². The van der Waals surface area contributed by atoms with Crippen molar-refractivity contribution in [2.75, 3.05) is 13.2 Å². The van der Waals surface area contributed by atoms with E-state index in [0.29, 0.717) is 0 Å². The van der Waals surface area contributed by atoms with E-state index in [1.807, 2.05) is 0 Å². The van der Waals surface area contributed by atoms with Crippen LogP contribution in [-0.2, 0) is 11.3 Å². The van der Waals surface area contributed by atoms with Gasteiger partial charge in [-0.2, -0.15) is 0 Å². The normalized spacial score (nSPS) is 24.6. The lowest BCUT2D eigenvalue weighted by Crippen LogP contribution is -2.44. The number of hydrogen-bond donors (Lipinski definition) is 3. The second-order valence-electron chi connectivity index (χ2n) is 5.57. The van der Waals surface area contributed by atoms with Crippen molar-refractivity contribution in [3.8, 4) is 0 Å². The van der Waals surface area contributed by atoms with Gasteiger partial charge in [0, 0.05) is 23.1 Å². The van der Waals surface area contributed by atoms with Crippen LogP contribution in [0, 0.1) is 6.92 Å². The van der Waals surface area contributed by atoms with Gasteiger partial charge in [0.05, 0.1) is 38.0 Å². The first kappa shape index (κ1) is 18.2. The van der Waals surface area contributed by atoms with Gasteiger partial charge in [-0.3, -0.25) is 13.9 Å². The van der Waals surface area contributed by atoms with Gasteiger partial charge in [0.1, 0.15) is 6.23 Å². The monoisotopic (exact) mass is 341 g/mol. The standard InChI is InChI=1S/C13H19N5O6/c1-7-3-17(11-2-9(15-16-14)10(6-20)24-11)13(23)18(12(7)22)4-8(21)5-19/h3,8-11,19-21H,2,4-6H2,1H3/t8?,9-,10+,11+/m0/s1. The molecule has 0 aliphatic carbocycles. The summed E-state index contributed by atoms with van der Waals surface area (Å²) in [5.74, 6) is 0. The first-order valence-electron chi connectivity index (χ1n) is 7.35. The molecule has 132 valence electrons. The number of aromatic nitrogens is 2. The number of aliphatic hydroxyl groups excluding tert-OH is 3. The first-order valence-corrected chi connectivity index (χ1v) is 7.35. The number of aryl methyl sites for hydroxylation is 1. The Bertz CT molecular complexity index is 752. The summed E-state index contributed by atoms with van der Waals surface area (Å²) in [6.45, 7) is 0.178. The van der Waals surface area contributed by atoms with Crippen LogP contribution in [0.4, 0.5) is 0 Å². The minimum absolute atomic E-state index is 0.162. The molecule has 1 aliphatic rings. The number of ether oxygens (including phenoxy) is 1. The zero-order chi connectivity index (χ0) is 17.9. The first-order chi connectivity index (χ1) is 11.4. The molecule has 1 saturated heterocycles. The molecule has 0 bridgehead atoms. The van der Waals surface area contributed by atoms with Crippen LogP contribution in [0.3, 0.4) is 0 Å². The summed E-state index contributed by atoms with van der Waals surface area (Å²) in [5, 5.41) is 31.3. The summed E-state index contributed by atoms with van der Waals surface area (Å²) in [5.41, 5.74) is 7.51. The van der Waals surface area contributed by atoms with Gasteiger partial charge in [0.2, 0.25) is 0 Å². The van der Waals surface area contributed by atoms with Gasteiger partial charge < -0.3 is 20.1 Å². The maximum absolute atomic E-state index is 12.5. The maximum Gasteiger partial charge on any atom is 0.333 e. The molecule has 0 spiro atoms. The molecule has 2 rings (SSSR count). The molecule has 3 N–H and O–H groups in total. The molecule has 1 aromatic heterocycles. The van der Waals surface area contributed by atoms with E-state index in [0.717, 1.165) is 9.13 Å². The Balaban J connectivity index is 2.43. The average molecular weight is 341 g/mol. The van der Waals surface area contributed by atoms with E-state index in [2.05, 4.69) is 10.0 Å². The van der Waals surface area contributed by atoms with Gasteiger partial charge in [0.15, 0.2) is 0 Å². The smallest absolute Gasteiger partial charge is 0.333 e. The predicted octanol–water partition coefficient (Wildman–Crippen LogP) is -1.37. The summed E-state index contributed by atoms with van der Waals surface area (Å²) in [7, 11) is 0. The molecule has 1 aromatic rings. The van der Waals surface area contributed by atoms with Crippen LogP contribution in [0.2, 0.25) is 0 Å². The summed E-state index contributed by atoms with van der Waals surface area (Å²) in [4.78, 5) is 27.3. The van der Waals surface area contributed by atoms with Crippen molar-refractivity contribution < 1.29 is 20.1 Å². The van der Waals surface area contributed by atoms with Crippen molar-refractivity contribution >= 4 is 0 Å². The Hall–Kier alpha value is -2.17. The van der Waals surface area contributed by atoms with Crippen molar-refractivity contribution in [2.45, 2.75) is 44.4 Å². The third-order valence-corrected chi connectivity index (χ3v) is 3.87. The fourth-order valence-corrected chi connectivity index (χ4v) is 2.63. The minimum Gasteiger partial charge on any atom is -0.394 e. The zero-order valence-electron chi connectivity index (χ0n) is 13.0. The summed E-state index contributed by atoms with van der Waals surface area (Å²) in [6, 6.07) is -0.638. The highest BCUT2D eigenvalue weighted by molar-refractivity contribution is 5.04. The molecule has 11 nitrogen and oxygen atoms in total. The number of azide groups is 1. The van der Waals surface area contributed by atoms with E-state index in [1.165, 1.54) is 13.1 Å². The van der Waals surface area contributed by atoms with Crippen LogP contribution in [0.15, 0.2) is 20.9 Å². The van der Waals surface area contributed by atoms with Crippen LogP contribution in [-0.4, -0.2) is 55.9 Å². The van der Waals surface area contributed by atoms with E-state index < -0.39 is 42.3 Å². The Morgan fingerprint density at radius 1 is 1.50 bits per heavy atom. The van der Waals surface area contributed by atoms with E-state index in [-0.39, 0.29) is 25.1 Å². The second-order valence-corrected chi connectivity index (χ2v) is 5.57. The topological polar surface area (TPSA) is 163 Å². The highest BCUT2D eigenvalue weighted by atomic mass is 16.5. The fraction of sp³-hybridized carbons (Fsp3) is 0.692. The zero-order valence-corrected chi connectivity index (χ0v) is 13.0.